The van der Waals surface area contributed by atoms with Gasteiger partial charge in [0.25, 0.3) is 0 Å². The van der Waals surface area contributed by atoms with Gasteiger partial charge in [-0.3, -0.25) is 0 Å². The lowest BCUT2D eigenvalue weighted by Crippen LogP contribution is -2.35. The van der Waals surface area contributed by atoms with E-state index in [1.165, 1.54) is 0 Å². The van der Waals surface area contributed by atoms with Gasteiger partial charge in [0.15, 0.2) is 0 Å². The quantitative estimate of drug-likeness (QED) is 0.670. The second-order valence-electron chi connectivity index (χ2n) is 5.36. The van der Waals surface area contributed by atoms with E-state index in [1.807, 2.05) is 19.9 Å². The lowest BCUT2D eigenvalue weighted by Gasteiger charge is -2.25. The van der Waals surface area contributed by atoms with Crippen LogP contribution >= 0.6 is 11.6 Å². The molecular weight excluding hydrogens is 306 g/mol. The molecule has 1 aromatic carbocycles. The fraction of sp³-hybridized carbons (Fsp3) is 0.625. The Morgan fingerprint density at radius 2 is 1.81 bits per heavy atom. The zero-order valence-electron chi connectivity index (χ0n) is 13.4. The van der Waals surface area contributed by atoms with E-state index in [-0.39, 0.29) is 0 Å². The van der Waals surface area contributed by atoms with Gasteiger partial charge < -0.3 is 0 Å². The molecule has 120 valence electrons. The van der Waals surface area contributed by atoms with Crippen LogP contribution in [0.3, 0.4) is 0 Å². The third-order valence-electron chi connectivity index (χ3n) is 4.07. The van der Waals surface area contributed by atoms with Crippen molar-refractivity contribution in [1.82, 2.24) is 4.31 Å². The van der Waals surface area contributed by atoms with Gasteiger partial charge in [0.05, 0.1) is 4.90 Å². The Hall–Kier alpha value is -0.580. The van der Waals surface area contributed by atoms with Crippen molar-refractivity contribution < 1.29 is 8.42 Å². The Labute approximate surface area is 134 Å². The molecule has 0 saturated carbocycles. The minimum atomic E-state index is -3.44. The predicted octanol–water partition coefficient (Wildman–Crippen LogP) is 4.18. The molecule has 0 unspecified atom stereocenters. The number of nitrogens with zero attached hydrogens (tertiary/aromatic N) is 1. The van der Waals surface area contributed by atoms with Gasteiger partial charge in [0.2, 0.25) is 10.0 Å². The number of hydrogen-bond acceptors (Lipinski definition) is 2. The van der Waals surface area contributed by atoms with Crippen LogP contribution in [0.5, 0.6) is 0 Å². The summed E-state index contributed by atoms with van der Waals surface area (Å²) in [5.74, 6) is 0.728. The van der Waals surface area contributed by atoms with E-state index in [1.54, 1.807) is 16.4 Å². The molecule has 1 aromatic rings. The third-order valence-corrected chi connectivity index (χ3v) is 6.30. The average molecular weight is 332 g/mol. The van der Waals surface area contributed by atoms with Crippen LogP contribution in [-0.2, 0) is 15.9 Å². The molecule has 0 aliphatic rings. The SMILES string of the molecule is CCC(CC)CN(CC)S(=O)(=O)c1ccc(C)c(CCl)c1. The van der Waals surface area contributed by atoms with Gasteiger partial charge in [0, 0.05) is 19.0 Å². The highest BCUT2D eigenvalue weighted by atomic mass is 35.5. The van der Waals surface area contributed by atoms with Crippen molar-refractivity contribution >= 4 is 21.6 Å². The van der Waals surface area contributed by atoms with Crippen molar-refractivity contribution in [2.75, 3.05) is 13.1 Å². The number of halogens is 1. The number of benzene rings is 1. The standard InChI is InChI=1S/C16H26ClNO2S/c1-5-14(6-2)12-18(7-3)21(19,20)16-9-8-13(4)15(10-16)11-17/h8-10,14H,5-7,11-12H2,1-4H3. The minimum Gasteiger partial charge on any atom is -0.207 e. The molecule has 0 aliphatic carbocycles. The molecule has 0 fully saturated rings. The smallest absolute Gasteiger partial charge is 0.207 e. The second-order valence-corrected chi connectivity index (χ2v) is 7.57. The number of rotatable bonds is 8. The summed E-state index contributed by atoms with van der Waals surface area (Å²) in [5.41, 5.74) is 1.89. The molecule has 0 N–H and O–H groups in total. The Kier molecular flexibility index (Phi) is 7.17. The Balaban J connectivity index is 3.12. The highest BCUT2D eigenvalue weighted by molar-refractivity contribution is 7.89. The maximum absolute atomic E-state index is 12.8. The zero-order valence-corrected chi connectivity index (χ0v) is 15.0. The Morgan fingerprint density at radius 3 is 2.29 bits per heavy atom. The molecule has 5 heteroatoms. The molecule has 0 atom stereocenters. The van der Waals surface area contributed by atoms with Crippen molar-refractivity contribution in [3.63, 3.8) is 0 Å². The number of alkyl halides is 1. The van der Waals surface area contributed by atoms with Gasteiger partial charge in [-0.2, -0.15) is 4.31 Å². The maximum Gasteiger partial charge on any atom is 0.243 e. The summed E-state index contributed by atoms with van der Waals surface area (Å²) < 4.78 is 27.2. The molecule has 1 rings (SSSR count). The summed E-state index contributed by atoms with van der Waals surface area (Å²) in [6.07, 6.45) is 1.98. The first-order valence-corrected chi connectivity index (χ1v) is 9.53. The number of sulfonamides is 1. The lowest BCUT2D eigenvalue weighted by molar-refractivity contribution is 0.339. The summed E-state index contributed by atoms with van der Waals surface area (Å²) >= 11 is 5.89. The van der Waals surface area contributed by atoms with Gasteiger partial charge in [-0.25, -0.2) is 8.42 Å². The molecule has 21 heavy (non-hydrogen) atoms. The van der Waals surface area contributed by atoms with Crippen LogP contribution in [0, 0.1) is 12.8 Å². The highest BCUT2D eigenvalue weighted by Gasteiger charge is 2.25. The summed E-state index contributed by atoms with van der Waals surface area (Å²) in [6, 6.07) is 5.21. The Bertz CT molecular complexity index is 553. The predicted molar refractivity (Wildman–Crippen MR) is 89.2 cm³/mol. The fourth-order valence-electron chi connectivity index (χ4n) is 2.33. The van der Waals surface area contributed by atoms with E-state index in [0.29, 0.717) is 29.8 Å². The molecule has 0 amide bonds. The second kappa shape index (κ2) is 8.16. The first kappa shape index (κ1) is 18.5. The van der Waals surface area contributed by atoms with Crippen LogP contribution in [0.1, 0.15) is 44.7 Å². The normalized spacial score (nSPS) is 12.3. The molecule has 0 bridgehead atoms. The van der Waals surface area contributed by atoms with Crippen LogP contribution in [0.4, 0.5) is 0 Å². The summed E-state index contributed by atoms with van der Waals surface area (Å²) in [5, 5.41) is 0. The van der Waals surface area contributed by atoms with E-state index in [9.17, 15) is 8.42 Å². The molecule has 0 aliphatic heterocycles. The fourth-order valence-corrected chi connectivity index (χ4v) is 4.20. The number of hydrogen-bond donors (Lipinski definition) is 0. The van der Waals surface area contributed by atoms with Crippen molar-refractivity contribution in [2.45, 2.75) is 51.3 Å². The van der Waals surface area contributed by atoms with Crippen molar-refractivity contribution in [1.29, 1.82) is 0 Å². The topological polar surface area (TPSA) is 37.4 Å². The lowest BCUT2D eigenvalue weighted by atomic mass is 10.0. The summed E-state index contributed by atoms with van der Waals surface area (Å²) in [4.78, 5) is 0.344. The Morgan fingerprint density at radius 1 is 1.19 bits per heavy atom. The molecule has 0 saturated heterocycles. The minimum absolute atomic E-state index is 0.327. The maximum atomic E-state index is 12.8. The summed E-state index contributed by atoms with van der Waals surface area (Å²) in [7, 11) is -3.44. The van der Waals surface area contributed by atoms with Crippen LogP contribution in [0.25, 0.3) is 0 Å². The van der Waals surface area contributed by atoms with Crippen LogP contribution in [0.15, 0.2) is 23.1 Å². The highest BCUT2D eigenvalue weighted by Crippen LogP contribution is 2.22. The van der Waals surface area contributed by atoms with E-state index in [4.69, 9.17) is 11.6 Å². The zero-order chi connectivity index (χ0) is 16.0. The first-order chi connectivity index (χ1) is 9.90. The van der Waals surface area contributed by atoms with Crippen LogP contribution < -0.4 is 0 Å². The summed E-state index contributed by atoms with van der Waals surface area (Å²) in [6.45, 7) is 9.10. The molecule has 0 spiro atoms. The van der Waals surface area contributed by atoms with E-state index in [0.717, 1.165) is 24.0 Å². The van der Waals surface area contributed by atoms with Gasteiger partial charge in [-0.05, 0) is 36.1 Å². The van der Waals surface area contributed by atoms with E-state index < -0.39 is 10.0 Å². The van der Waals surface area contributed by atoms with Crippen molar-refractivity contribution in [3.8, 4) is 0 Å². The molecule has 0 radical (unpaired) electrons. The van der Waals surface area contributed by atoms with Crippen molar-refractivity contribution in [3.05, 3.63) is 29.3 Å². The monoisotopic (exact) mass is 331 g/mol. The molecule has 3 nitrogen and oxygen atoms in total. The van der Waals surface area contributed by atoms with Gasteiger partial charge in [-0.1, -0.05) is 39.7 Å². The van der Waals surface area contributed by atoms with Gasteiger partial charge >= 0.3 is 0 Å². The van der Waals surface area contributed by atoms with E-state index in [2.05, 4.69) is 13.8 Å². The first-order valence-electron chi connectivity index (χ1n) is 7.56. The van der Waals surface area contributed by atoms with Gasteiger partial charge in [-0.15, -0.1) is 11.6 Å². The van der Waals surface area contributed by atoms with Crippen LogP contribution in [0.2, 0.25) is 0 Å². The number of aryl methyl sites for hydroxylation is 1. The molecule has 0 aromatic heterocycles. The van der Waals surface area contributed by atoms with E-state index >= 15 is 0 Å². The van der Waals surface area contributed by atoms with Crippen LogP contribution in [-0.4, -0.2) is 25.8 Å². The average Bonchev–Trinajstić information content (AvgIpc) is 2.48. The van der Waals surface area contributed by atoms with Crippen molar-refractivity contribution in [2.24, 2.45) is 5.92 Å². The molecular formula is C16H26ClNO2S. The largest absolute Gasteiger partial charge is 0.243 e. The third kappa shape index (κ3) is 4.44. The van der Waals surface area contributed by atoms with Gasteiger partial charge in [0.1, 0.15) is 0 Å². The molecule has 0 heterocycles.